The molecule has 0 unspecified atom stereocenters. The van der Waals surface area contributed by atoms with Crippen molar-refractivity contribution in [3.05, 3.63) is 24.0 Å². The van der Waals surface area contributed by atoms with Crippen LogP contribution in [0.15, 0.2) is 18.2 Å². The lowest BCUT2D eigenvalue weighted by atomic mass is 10.2. The van der Waals surface area contributed by atoms with Crippen molar-refractivity contribution in [2.45, 2.75) is 33.2 Å². The summed E-state index contributed by atoms with van der Waals surface area (Å²) in [7, 11) is 1.85. The molecule has 108 valence electrons. The molecule has 0 saturated heterocycles. The average molecular weight is 274 g/mol. The van der Waals surface area contributed by atoms with E-state index in [1.165, 1.54) is 0 Å². The predicted octanol–water partition coefficient (Wildman–Crippen LogP) is 2.19. The number of aryl methyl sites for hydroxylation is 1. The number of rotatable bonds is 5. The highest BCUT2D eigenvalue weighted by Gasteiger charge is 2.14. The third-order valence-corrected chi connectivity index (χ3v) is 3.57. The fourth-order valence-electron chi connectivity index (χ4n) is 2.26. The summed E-state index contributed by atoms with van der Waals surface area (Å²) in [5, 5.41) is 0. The maximum absolute atomic E-state index is 12.2. The van der Waals surface area contributed by atoms with E-state index in [1.54, 1.807) is 4.90 Å². The molecular formula is C15H22N4O. The van der Waals surface area contributed by atoms with Crippen LogP contribution in [0.1, 0.15) is 25.6 Å². The minimum absolute atomic E-state index is 0.100. The Bertz CT molecular complexity index is 618. The normalized spacial score (nSPS) is 10.9. The maximum atomic E-state index is 12.2. The zero-order valence-electron chi connectivity index (χ0n) is 12.4. The second kappa shape index (κ2) is 5.94. The van der Waals surface area contributed by atoms with Crippen molar-refractivity contribution in [2.24, 2.45) is 0 Å². The number of unbranched alkanes of at least 4 members (excludes halogenated alkanes) is 1. The van der Waals surface area contributed by atoms with Crippen molar-refractivity contribution >= 4 is 22.6 Å². The highest BCUT2D eigenvalue weighted by molar-refractivity contribution is 5.89. The van der Waals surface area contributed by atoms with E-state index in [2.05, 4.69) is 11.9 Å². The van der Waals surface area contributed by atoms with Gasteiger partial charge in [-0.1, -0.05) is 19.4 Å². The van der Waals surface area contributed by atoms with E-state index >= 15 is 0 Å². The summed E-state index contributed by atoms with van der Waals surface area (Å²) in [6, 6.07) is 5.67. The number of carbonyl (C=O) groups is 1. The van der Waals surface area contributed by atoms with Gasteiger partial charge in [0, 0.05) is 13.6 Å². The van der Waals surface area contributed by atoms with Crippen LogP contribution in [0.5, 0.6) is 0 Å². The number of benzene rings is 1. The summed E-state index contributed by atoms with van der Waals surface area (Å²) in [5.41, 5.74) is 8.26. The Morgan fingerprint density at radius 1 is 1.45 bits per heavy atom. The predicted molar refractivity (Wildman–Crippen MR) is 81.4 cm³/mol. The van der Waals surface area contributed by atoms with Crippen LogP contribution in [0.2, 0.25) is 0 Å². The largest absolute Gasteiger partial charge is 0.397 e. The molecule has 5 nitrogen and oxygen atoms in total. The summed E-state index contributed by atoms with van der Waals surface area (Å²) in [6.45, 7) is 5.13. The van der Waals surface area contributed by atoms with E-state index in [1.807, 2.05) is 36.7 Å². The molecule has 2 N–H and O–H groups in total. The van der Waals surface area contributed by atoms with Crippen LogP contribution >= 0.6 is 0 Å². The molecule has 0 fully saturated rings. The van der Waals surface area contributed by atoms with Crippen LogP contribution in [0, 0.1) is 6.92 Å². The van der Waals surface area contributed by atoms with Gasteiger partial charge in [-0.15, -0.1) is 0 Å². The van der Waals surface area contributed by atoms with Crippen molar-refractivity contribution in [3.8, 4) is 0 Å². The Kier molecular flexibility index (Phi) is 4.27. The topological polar surface area (TPSA) is 64.2 Å². The smallest absolute Gasteiger partial charge is 0.242 e. The molecule has 0 bridgehead atoms. The monoisotopic (exact) mass is 274 g/mol. The fourth-order valence-corrected chi connectivity index (χ4v) is 2.26. The lowest BCUT2D eigenvalue weighted by molar-refractivity contribution is -0.130. The SMILES string of the molecule is CCCCN(C)C(=O)Cn1c(C)nc2c(N)cccc21. The zero-order chi connectivity index (χ0) is 14.7. The minimum atomic E-state index is 0.100. The molecule has 2 rings (SSSR count). The van der Waals surface area contributed by atoms with Gasteiger partial charge in [0.15, 0.2) is 0 Å². The van der Waals surface area contributed by atoms with Crippen LogP contribution in [0.25, 0.3) is 11.0 Å². The summed E-state index contributed by atoms with van der Waals surface area (Å²) in [6.07, 6.45) is 2.11. The van der Waals surface area contributed by atoms with E-state index in [9.17, 15) is 4.79 Å². The molecule has 1 aromatic carbocycles. The highest BCUT2D eigenvalue weighted by atomic mass is 16.2. The Balaban J connectivity index is 2.23. The molecule has 1 heterocycles. The van der Waals surface area contributed by atoms with E-state index < -0.39 is 0 Å². The number of likely N-dealkylation sites (N-methyl/N-ethyl adjacent to an activating group) is 1. The van der Waals surface area contributed by atoms with Gasteiger partial charge < -0.3 is 15.2 Å². The van der Waals surface area contributed by atoms with E-state index in [0.717, 1.165) is 36.2 Å². The number of nitrogens with two attached hydrogens (primary N) is 1. The number of hydrogen-bond donors (Lipinski definition) is 1. The Morgan fingerprint density at radius 2 is 2.20 bits per heavy atom. The van der Waals surface area contributed by atoms with Crippen LogP contribution in [-0.4, -0.2) is 34.0 Å². The maximum Gasteiger partial charge on any atom is 0.242 e. The molecule has 2 aromatic rings. The number of para-hydroxylation sites is 1. The lowest BCUT2D eigenvalue weighted by Gasteiger charge is -2.17. The first-order chi connectivity index (χ1) is 9.54. The van der Waals surface area contributed by atoms with Crippen molar-refractivity contribution in [1.82, 2.24) is 14.5 Å². The third kappa shape index (κ3) is 2.76. The summed E-state index contributed by atoms with van der Waals surface area (Å²) >= 11 is 0. The summed E-state index contributed by atoms with van der Waals surface area (Å²) in [4.78, 5) is 18.5. The number of imidazole rings is 1. The van der Waals surface area contributed by atoms with E-state index in [4.69, 9.17) is 5.73 Å². The van der Waals surface area contributed by atoms with Crippen molar-refractivity contribution in [1.29, 1.82) is 0 Å². The van der Waals surface area contributed by atoms with Gasteiger partial charge in [-0.25, -0.2) is 4.98 Å². The first-order valence-electron chi connectivity index (χ1n) is 7.00. The van der Waals surface area contributed by atoms with E-state index in [-0.39, 0.29) is 5.91 Å². The Morgan fingerprint density at radius 3 is 2.90 bits per heavy atom. The molecule has 0 radical (unpaired) electrons. The van der Waals surface area contributed by atoms with Gasteiger partial charge >= 0.3 is 0 Å². The lowest BCUT2D eigenvalue weighted by Crippen LogP contribution is -2.31. The molecule has 0 saturated carbocycles. The Labute approximate surface area is 119 Å². The van der Waals surface area contributed by atoms with Crippen LogP contribution in [0.4, 0.5) is 5.69 Å². The molecule has 0 atom stereocenters. The molecule has 5 heteroatoms. The molecule has 0 aliphatic rings. The molecule has 1 aromatic heterocycles. The third-order valence-electron chi connectivity index (χ3n) is 3.57. The molecular weight excluding hydrogens is 252 g/mol. The van der Waals surface area contributed by atoms with Crippen molar-refractivity contribution in [3.63, 3.8) is 0 Å². The van der Waals surface area contributed by atoms with Gasteiger partial charge in [-0.2, -0.15) is 0 Å². The molecule has 20 heavy (non-hydrogen) atoms. The van der Waals surface area contributed by atoms with E-state index in [0.29, 0.717) is 12.2 Å². The molecule has 0 aliphatic carbocycles. The number of amides is 1. The first-order valence-corrected chi connectivity index (χ1v) is 7.00. The first kappa shape index (κ1) is 14.4. The number of hydrogen-bond acceptors (Lipinski definition) is 3. The number of anilines is 1. The number of aromatic nitrogens is 2. The van der Waals surface area contributed by atoms with Crippen molar-refractivity contribution < 1.29 is 4.79 Å². The van der Waals surface area contributed by atoms with Gasteiger partial charge in [0.05, 0.1) is 11.2 Å². The second-order valence-electron chi connectivity index (χ2n) is 5.13. The van der Waals surface area contributed by atoms with Crippen molar-refractivity contribution in [2.75, 3.05) is 19.3 Å². The van der Waals surface area contributed by atoms with Gasteiger partial charge in [-0.3, -0.25) is 4.79 Å². The van der Waals surface area contributed by atoms with Gasteiger partial charge in [0.2, 0.25) is 5.91 Å². The number of carbonyl (C=O) groups excluding carboxylic acids is 1. The summed E-state index contributed by atoms with van der Waals surface area (Å²) in [5.74, 6) is 0.915. The number of nitrogens with zero attached hydrogens (tertiary/aromatic N) is 3. The highest BCUT2D eigenvalue weighted by Crippen LogP contribution is 2.21. The zero-order valence-corrected chi connectivity index (χ0v) is 12.4. The number of fused-ring (bicyclic) bond motifs is 1. The Hall–Kier alpha value is -2.04. The van der Waals surface area contributed by atoms with Crippen LogP contribution in [0.3, 0.4) is 0 Å². The average Bonchev–Trinajstić information content (AvgIpc) is 2.74. The van der Waals surface area contributed by atoms with Gasteiger partial charge in [0.25, 0.3) is 0 Å². The van der Waals surface area contributed by atoms with Gasteiger partial charge in [0.1, 0.15) is 17.9 Å². The quantitative estimate of drug-likeness (QED) is 0.850. The molecule has 0 spiro atoms. The molecule has 0 aliphatic heterocycles. The standard InChI is InChI=1S/C15H22N4O/c1-4-5-9-18(3)14(20)10-19-11(2)17-15-12(16)7-6-8-13(15)19/h6-8H,4-5,9-10,16H2,1-3H3. The number of nitrogen functional groups attached to an aromatic ring is 1. The molecule has 1 amide bonds. The van der Waals surface area contributed by atoms with Crippen LogP contribution < -0.4 is 5.73 Å². The van der Waals surface area contributed by atoms with Gasteiger partial charge in [-0.05, 0) is 25.5 Å². The van der Waals surface area contributed by atoms with Crippen LogP contribution in [-0.2, 0) is 11.3 Å². The fraction of sp³-hybridized carbons (Fsp3) is 0.467. The minimum Gasteiger partial charge on any atom is -0.397 e. The second-order valence-corrected chi connectivity index (χ2v) is 5.13. The summed E-state index contributed by atoms with van der Waals surface area (Å²) < 4.78 is 1.93.